The third-order valence-corrected chi connectivity index (χ3v) is 4.91. The van der Waals surface area contributed by atoms with Crippen LogP contribution < -0.4 is 10.5 Å². The van der Waals surface area contributed by atoms with E-state index in [-0.39, 0.29) is 19.4 Å². The number of carbonyl (C=O) groups is 2. The normalized spacial score (nSPS) is 12.8. The Bertz CT molecular complexity index is 1020. The molecule has 2 aromatic carbocycles. The predicted molar refractivity (Wildman–Crippen MR) is 118 cm³/mol. The minimum Gasteiger partial charge on any atom is -0.490 e. The summed E-state index contributed by atoms with van der Waals surface area (Å²) in [7, 11) is 0. The Hall–Kier alpha value is -3.79. The average molecular weight is 496 g/mol. The van der Waals surface area contributed by atoms with Gasteiger partial charge >= 0.3 is 12.1 Å². The van der Waals surface area contributed by atoms with Crippen LogP contribution in [0, 0.1) is 0 Å². The Morgan fingerprint density at radius 1 is 1.06 bits per heavy atom. The number of benzene rings is 2. The molecule has 1 unspecified atom stereocenters. The molecule has 0 aliphatic heterocycles. The molecule has 0 heterocycles. The Morgan fingerprint density at radius 2 is 1.69 bits per heavy atom. The van der Waals surface area contributed by atoms with Gasteiger partial charge in [0.2, 0.25) is 5.91 Å². The molecule has 0 radical (unpaired) electrons. The molecule has 2 aromatic rings. The van der Waals surface area contributed by atoms with Crippen molar-refractivity contribution in [3.63, 3.8) is 0 Å². The fourth-order valence-corrected chi connectivity index (χ4v) is 3.05. The number of nitrogens with two attached hydrogens (primary N) is 1. The Morgan fingerprint density at radius 3 is 2.23 bits per heavy atom. The van der Waals surface area contributed by atoms with Crippen LogP contribution in [0.4, 0.5) is 17.6 Å². The van der Waals surface area contributed by atoms with Gasteiger partial charge in [0.15, 0.2) is 6.10 Å². The molecule has 0 fully saturated rings. The van der Waals surface area contributed by atoms with E-state index in [0.29, 0.717) is 29.7 Å². The second kappa shape index (κ2) is 13.2. The first-order chi connectivity index (χ1) is 16.6. The van der Waals surface area contributed by atoms with Crippen LogP contribution in [-0.4, -0.2) is 37.3 Å². The number of primary amides is 1. The summed E-state index contributed by atoms with van der Waals surface area (Å²) in [6.45, 7) is -1.20. The molecule has 2 rings (SSSR count). The zero-order chi connectivity index (χ0) is 25.8. The van der Waals surface area contributed by atoms with Crippen molar-refractivity contribution < 1.29 is 36.6 Å². The maximum atomic E-state index is 13.3. The lowest BCUT2D eigenvalue weighted by Crippen LogP contribution is -2.28. The van der Waals surface area contributed by atoms with Crippen molar-refractivity contribution in [1.29, 1.82) is 0 Å². The van der Waals surface area contributed by atoms with Crippen molar-refractivity contribution in [2.24, 2.45) is 10.8 Å². The molecule has 188 valence electrons. The second-order valence-electron chi connectivity index (χ2n) is 7.60. The molecular weight excluding hydrogens is 472 g/mol. The minimum atomic E-state index is -4.41. The standard InChI is InChI=1S/C23H24F4N4O4/c24-13-19(14-34-18-10-6-16(7-11-18)12-20(22(28)33)30-31-29)35-21(32)3-1-2-15-4-8-17(9-5-15)23(25,26)27/h4-11,19-20H,1-3,12-14H2,(H2,28,33)/t19?,20-/m0/s1. The van der Waals surface area contributed by atoms with Crippen LogP contribution >= 0.6 is 0 Å². The highest BCUT2D eigenvalue weighted by Crippen LogP contribution is 2.29. The van der Waals surface area contributed by atoms with Gasteiger partial charge in [-0.05, 0) is 60.2 Å². The molecule has 0 saturated carbocycles. The number of carbonyl (C=O) groups excluding carboxylic acids is 2. The lowest BCUT2D eigenvalue weighted by atomic mass is 10.1. The van der Waals surface area contributed by atoms with Crippen molar-refractivity contribution in [3.8, 4) is 5.75 Å². The highest BCUT2D eigenvalue weighted by atomic mass is 19.4. The van der Waals surface area contributed by atoms with E-state index < -0.39 is 42.4 Å². The molecule has 0 aliphatic carbocycles. The highest BCUT2D eigenvalue weighted by Gasteiger charge is 2.29. The van der Waals surface area contributed by atoms with E-state index >= 15 is 0 Å². The lowest BCUT2D eigenvalue weighted by molar-refractivity contribution is -0.151. The summed E-state index contributed by atoms with van der Waals surface area (Å²) in [5.41, 5.74) is 14.2. The molecule has 0 aliphatic rings. The van der Waals surface area contributed by atoms with Gasteiger partial charge in [-0.2, -0.15) is 13.2 Å². The van der Waals surface area contributed by atoms with E-state index in [4.69, 9.17) is 20.7 Å². The fraction of sp³-hybridized carbons (Fsp3) is 0.391. The van der Waals surface area contributed by atoms with Gasteiger partial charge in [-0.15, -0.1) is 0 Å². The molecule has 35 heavy (non-hydrogen) atoms. The van der Waals surface area contributed by atoms with E-state index in [2.05, 4.69) is 10.0 Å². The number of azide groups is 1. The fourth-order valence-electron chi connectivity index (χ4n) is 3.05. The number of hydrogen-bond donors (Lipinski definition) is 1. The van der Waals surface area contributed by atoms with Crippen molar-refractivity contribution in [3.05, 3.63) is 75.7 Å². The Labute approximate surface area is 198 Å². The Balaban J connectivity index is 1.76. The summed E-state index contributed by atoms with van der Waals surface area (Å²) in [6.07, 6.45) is -4.76. The van der Waals surface area contributed by atoms with Crippen molar-refractivity contribution in [2.75, 3.05) is 13.3 Å². The van der Waals surface area contributed by atoms with Gasteiger partial charge in [0.25, 0.3) is 0 Å². The van der Waals surface area contributed by atoms with Crippen LogP contribution in [0.15, 0.2) is 53.6 Å². The van der Waals surface area contributed by atoms with E-state index in [1.54, 1.807) is 24.3 Å². The second-order valence-corrected chi connectivity index (χ2v) is 7.60. The number of hydrogen-bond acceptors (Lipinski definition) is 5. The van der Waals surface area contributed by atoms with Gasteiger partial charge in [0.1, 0.15) is 25.1 Å². The highest BCUT2D eigenvalue weighted by molar-refractivity contribution is 5.80. The zero-order valence-electron chi connectivity index (χ0n) is 18.6. The number of amides is 1. The molecule has 0 spiro atoms. The smallest absolute Gasteiger partial charge is 0.416 e. The molecule has 0 aromatic heterocycles. The lowest BCUT2D eigenvalue weighted by Gasteiger charge is -2.16. The number of aryl methyl sites for hydroxylation is 1. The number of alkyl halides is 4. The predicted octanol–water partition coefficient (Wildman–Crippen LogP) is 4.70. The Kier molecular flexibility index (Phi) is 10.3. The molecule has 1 amide bonds. The number of halogens is 4. The van der Waals surface area contributed by atoms with Crippen LogP contribution in [0.2, 0.25) is 0 Å². The van der Waals surface area contributed by atoms with Gasteiger partial charge < -0.3 is 15.2 Å². The van der Waals surface area contributed by atoms with E-state index in [9.17, 15) is 27.2 Å². The van der Waals surface area contributed by atoms with Gasteiger partial charge in [-0.3, -0.25) is 9.59 Å². The van der Waals surface area contributed by atoms with Gasteiger partial charge in [0.05, 0.1) is 5.56 Å². The largest absolute Gasteiger partial charge is 0.490 e. The van der Waals surface area contributed by atoms with Crippen LogP contribution in [0.5, 0.6) is 5.75 Å². The molecule has 0 saturated heterocycles. The molecule has 2 N–H and O–H groups in total. The van der Waals surface area contributed by atoms with Crippen molar-refractivity contribution >= 4 is 11.9 Å². The molecule has 8 nitrogen and oxygen atoms in total. The molecule has 12 heteroatoms. The quantitative estimate of drug-likeness (QED) is 0.142. The summed E-state index contributed by atoms with van der Waals surface area (Å²) < 4.78 is 61.5. The number of esters is 1. The topological polar surface area (TPSA) is 127 Å². The van der Waals surface area contributed by atoms with Crippen molar-refractivity contribution in [2.45, 2.75) is 44.0 Å². The summed E-state index contributed by atoms with van der Waals surface area (Å²) in [5, 5.41) is 3.33. The van der Waals surface area contributed by atoms with Gasteiger partial charge in [-0.1, -0.05) is 29.4 Å². The molecule has 0 bridgehead atoms. The summed E-state index contributed by atoms with van der Waals surface area (Å²) in [5.74, 6) is -1.03. The average Bonchev–Trinajstić information content (AvgIpc) is 2.82. The van der Waals surface area contributed by atoms with Crippen LogP contribution in [0.1, 0.15) is 29.5 Å². The third-order valence-electron chi connectivity index (χ3n) is 4.91. The summed E-state index contributed by atoms with van der Waals surface area (Å²) >= 11 is 0. The van der Waals surface area contributed by atoms with Crippen LogP contribution in [0.3, 0.4) is 0 Å². The van der Waals surface area contributed by atoms with Crippen LogP contribution in [-0.2, 0) is 33.3 Å². The number of nitrogens with zero attached hydrogens (tertiary/aromatic N) is 3. The van der Waals surface area contributed by atoms with Crippen molar-refractivity contribution in [1.82, 2.24) is 0 Å². The van der Waals surface area contributed by atoms with Gasteiger partial charge in [0, 0.05) is 11.3 Å². The van der Waals surface area contributed by atoms with E-state index in [1.165, 1.54) is 12.1 Å². The third kappa shape index (κ3) is 9.54. The first-order valence-corrected chi connectivity index (χ1v) is 10.6. The number of ether oxygens (including phenoxy) is 2. The monoisotopic (exact) mass is 496 g/mol. The minimum absolute atomic E-state index is 0.0293. The summed E-state index contributed by atoms with van der Waals surface area (Å²) in [6, 6.07) is 9.99. The summed E-state index contributed by atoms with van der Waals surface area (Å²) in [4.78, 5) is 25.8. The van der Waals surface area contributed by atoms with Gasteiger partial charge in [-0.25, -0.2) is 4.39 Å². The first-order valence-electron chi connectivity index (χ1n) is 10.6. The first kappa shape index (κ1) is 27.5. The van der Waals surface area contributed by atoms with E-state index in [0.717, 1.165) is 12.1 Å². The maximum absolute atomic E-state index is 13.3. The van der Waals surface area contributed by atoms with E-state index in [1.807, 2.05) is 0 Å². The number of rotatable bonds is 13. The SMILES string of the molecule is [N-]=[N+]=N[C@@H](Cc1ccc(OCC(CF)OC(=O)CCCc2ccc(C(F)(F)F)cc2)cc1)C(N)=O. The molecular formula is C23H24F4N4O4. The zero-order valence-corrected chi connectivity index (χ0v) is 18.6. The van der Waals surface area contributed by atoms with Crippen LogP contribution in [0.25, 0.3) is 10.4 Å². The maximum Gasteiger partial charge on any atom is 0.416 e. The molecule has 2 atom stereocenters.